The lowest BCUT2D eigenvalue weighted by Gasteiger charge is -2.39. The monoisotopic (exact) mass is 239 g/mol. The van der Waals surface area contributed by atoms with E-state index in [0.29, 0.717) is 0 Å². The van der Waals surface area contributed by atoms with Gasteiger partial charge in [0, 0.05) is 6.04 Å². The van der Waals surface area contributed by atoms with E-state index in [1.165, 1.54) is 32.1 Å². The Morgan fingerprint density at radius 2 is 1.65 bits per heavy atom. The molecule has 0 aliphatic heterocycles. The largest absolute Gasteiger partial charge is 0.314 e. The van der Waals surface area contributed by atoms with Gasteiger partial charge in [-0.2, -0.15) is 0 Å². The molecule has 0 heterocycles. The fourth-order valence-electron chi connectivity index (χ4n) is 4.01. The Hall–Kier alpha value is -0.0400. The molecule has 0 radical (unpaired) electrons. The smallest absolute Gasteiger partial charge is 0.0121 e. The van der Waals surface area contributed by atoms with Gasteiger partial charge in [0.1, 0.15) is 0 Å². The van der Waals surface area contributed by atoms with E-state index in [9.17, 15) is 0 Å². The van der Waals surface area contributed by atoms with E-state index in [1.807, 2.05) is 0 Å². The van der Waals surface area contributed by atoms with E-state index in [4.69, 9.17) is 0 Å². The van der Waals surface area contributed by atoms with Gasteiger partial charge in [0.25, 0.3) is 0 Å². The minimum Gasteiger partial charge on any atom is -0.314 e. The first kappa shape index (κ1) is 15.0. The van der Waals surface area contributed by atoms with Crippen LogP contribution in [-0.2, 0) is 0 Å². The third-order valence-corrected chi connectivity index (χ3v) is 4.52. The lowest BCUT2D eigenvalue weighted by atomic mass is 9.71. The van der Waals surface area contributed by atoms with Gasteiger partial charge in [0.2, 0.25) is 0 Å². The van der Waals surface area contributed by atoms with Crippen LogP contribution in [0.5, 0.6) is 0 Å². The summed E-state index contributed by atoms with van der Waals surface area (Å²) in [5, 5.41) is 3.78. The first-order valence-electron chi connectivity index (χ1n) is 7.81. The topological polar surface area (TPSA) is 12.0 Å². The summed E-state index contributed by atoms with van der Waals surface area (Å²) in [7, 11) is 0. The SMILES string of the molecule is CCCC(C)C(NCC)C1CC(C)CC(C)C1. The first-order valence-corrected chi connectivity index (χ1v) is 7.81. The summed E-state index contributed by atoms with van der Waals surface area (Å²) in [5.74, 6) is 3.61. The summed E-state index contributed by atoms with van der Waals surface area (Å²) in [4.78, 5) is 0. The molecule has 0 saturated heterocycles. The van der Waals surface area contributed by atoms with Gasteiger partial charge in [-0.3, -0.25) is 0 Å². The van der Waals surface area contributed by atoms with Gasteiger partial charge in [0.15, 0.2) is 0 Å². The average Bonchev–Trinajstić information content (AvgIpc) is 2.24. The number of hydrogen-bond acceptors (Lipinski definition) is 1. The second-order valence-corrected chi connectivity index (χ2v) is 6.53. The van der Waals surface area contributed by atoms with Crippen LogP contribution >= 0.6 is 0 Å². The zero-order chi connectivity index (χ0) is 12.8. The third kappa shape index (κ3) is 4.62. The normalized spacial score (nSPS) is 33.4. The lowest BCUT2D eigenvalue weighted by molar-refractivity contribution is 0.145. The van der Waals surface area contributed by atoms with Gasteiger partial charge in [-0.1, -0.05) is 41.0 Å². The van der Waals surface area contributed by atoms with Crippen molar-refractivity contribution < 1.29 is 0 Å². The summed E-state index contributed by atoms with van der Waals surface area (Å²) >= 11 is 0. The van der Waals surface area contributed by atoms with E-state index in [2.05, 4.69) is 39.9 Å². The van der Waals surface area contributed by atoms with Gasteiger partial charge in [-0.05, 0) is 55.9 Å². The fourth-order valence-corrected chi connectivity index (χ4v) is 4.01. The van der Waals surface area contributed by atoms with Gasteiger partial charge >= 0.3 is 0 Å². The molecule has 0 amide bonds. The van der Waals surface area contributed by atoms with Crippen LogP contribution < -0.4 is 5.32 Å². The molecule has 0 aromatic heterocycles. The zero-order valence-electron chi connectivity index (χ0n) is 12.6. The van der Waals surface area contributed by atoms with E-state index < -0.39 is 0 Å². The van der Waals surface area contributed by atoms with Crippen LogP contribution in [-0.4, -0.2) is 12.6 Å². The summed E-state index contributed by atoms with van der Waals surface area (Å²) in [6.07, 6.45) is 7.02. The molecule has 1 N–H and O–H groups in total. The highest BCUT2D eigenvalue weighted by atomic mass is 14.9. The second kappa shape index (κ2) is 7.41. The quantitative estimate of drug-likeness (QED) is 0.721. The van der Waals surface area contributed by atoms with Crippen LogP contribution in [0.3, 0.4) is 0 Å². The van der Waals surface area contributed by atoms with E-state index in [0.717, 1.165) is 36.3 Å². The van der Waals surface area contributed by atoms with Crippen LogP contribution in [0.4, 0.5) is 0 Å². The Kier molecular flexibility index (Phi) is 6.54. The number of nitrogens with one attached hydrogen (secondary N) is 1. The minimum atomic E-state index is 0.755. The van der Waals surface area contributed by atoms with E-state index in [-0.39, 0.29) is 0 Å². The molecule has 17 heavy (non-hydrogen) atoms. The van der Waals surface area contributed by atoms with Crippen molar-refractivity contribution in [3.63, 3.8) is 0 Å². The summed E-state index contributed by atoms with van der Waals surface area (Å²) in [5.41, 5.74) is 0. The van der Waals surface area contributed by atoms with Crippen LogP contribution in [0.15, 0.2) is 0 Å². The average molecular weight is 239 g/mol. The Balaban J connectivity index is 2.61. The molecule has 1 saturated carbocycles. The highest BCUT2D eigenvalue weighted by molar-refractivity contribution is 4.86. The van der Waals surface area contributed by atoms with Crippen LogP contribution in [0.25, 0.3) is 0 Å². The van der Waals surface area contributed by atoms with Crippen molar-refractivity contribution in [2.75, 3.05) is 6.54 Å². The maximum Gasteiger partial charge on any atom is 0.0121 e. The Morgan fingerprint density at radius 1 is 1.06 bits per heavy atom. The molecule has 0 bridgehead atoms. The second-order valence-electron chi connectivity index (χ2n) is 6.53. The molecule has 1 rings (SSSR count). The Bertz CT molecular complexity index is 192. The Morgan fingerprint density at radius 3 is 2.12 bits per heavy atom. The minimum absolute atomic E-state index is 0.755. The standard InChI is InChI=1S/C16H33N/c1-6-8-14(5)16(17-7-2)15-10-12(3)9-13(4)11-15/h12-17H,6-11H2,1-5H3. The molecule has 4 atom stereocenters. The molecule has 4 unspecified atom stereocenters. The van der Waals surface area contributed by atoms with Crippen molar-refractivity contribution in [3.8, 4) is 0 Å². The zero-order valence-corrected chi connectivity index (χ0v) is 12.6. The summed E-state index contributed by atoms with van der Waals surface area (Å²) < 4.78 is 0. The maximum absolute atomic E-state index is 3.78. The summed E-state index contributed by atoms with van der Waals surface area (Å²) in [6, 6.07) is 0.755. The highest BCUT2D eigenvalue weighted by Gasteiger charge is 2.31. The molecule has 1 aliphatic rings. The van der Waals surface area contributed by atoms with Crippen molar-refractivity contribution in [2.24, 2.45) is 23.7 Å². The van der Waals surface area contributed by atoms with Crippen LogP contribution in [0, 0.1) is 23.7 Å². The van der Waals surface area contributed by atoms with Gasteiger partial charge in [-0.25, -0.2) is 0 Å². The molecular formula is C16H33N. The van der Waals surface area contributed by atoms with Gasteiger partial charge in [-0.15, -0.1) is 0 Å². The van der Waals surface area contributed by atoms with Crippen molar-refractivity contribution in [2.45, 2.75) is 72.8 Å². The molecule has 102 valence electrons. The maximum atomic E-state index is 3.78. The molecule has 1 aliphatic carbocycles. The Labute approximate surface area is 109 Å². The molecule has 1 heteroatoms. The lowest BCUT2D eigenvalue weighted by Crippen LogP contribution is -2.44. The van der Waals surface area contributed by atoms with Crippen LogP contribution in [0.2, 0.25) is 0 Å². The first-order chi connectivity index (χ1) is 8.08. The number of rotatable bonds is 6. The molecule has 1 fully saturated rings. The number of hydrogen-bond donors (Lipinski definition) is 1. The van der Waals surface area contributed by atoms with Crippen molar-refractivity contribution >= 4 is 0 Å². The van der Waals surface area contributed by atoms with Crippen molar-refractivity contribution in [3.05, 3.63) is 0 Å². The predicted molar refractivity (Wildman–Crippen MR) is 77.2 cm³/mol. The molecule has 0 spiro atoms. The van der Waals surface area contributed by atoms with Gasteiger partial charge < -0.3 is 5.32 Å². The third-order valence-electron chi connectivity index (χ3n) is 4.52. The van der Waals surface area contributed by atoms with Crippen molar-refractivity contribution in [1.29, 1.82) is 0 Å². The predicted octanol–water partition coefficient (Wildman–Crippen LogP) is 4.47. The molecular weight excluding hydrogens is 206 g/mol. The van der Waals surface area contributed by atoms with Crippen LogP contribution in [0.1, 0.15) is 66.7 Å². The van der Waals surface area contributed by atoms with E-state index >= 15 is 0 Å². The van der Waals surface area contributed by atoms with E-state index in [1.54, 1.807) is 0 Å². The van der Waals surface area contributed by atoms with Gasteiger partial charge in [0.05, 0.1) is 0 Å². The molecule has 1 nitrogen and oxygen atoms in total. The molecule has 0 aromatic rings. The van der Waals surface area contributed by atoms with Crippen molar-refractivity contribution in [1.82, 2.24) is 5.32 Å². The highest BCUT2D eigenvalue weighted by Crippen LogP contribution is 2.37. The summed E-state index contributed by atoms with van der Waals surface area (Å²) in [6.45, 7) is 13.0. The molecule has 0 aromatic carbocycles. The fraction of sp³-hybridized carbons (Fsp3) is 1.00.